The van der Waals surface area contributed by atoms with Crippen molar-refractivity contribution in [2.75, 3.05) is 11.9 Å². The van der Waals surface area contributed by atoms with Crippen LogP contribution in [0.2, 0.25) is 5.02 Å². The molecule has 22 heavy (non-hydrogen) atoms. The third-order valence-electron chi connectivity index (χ3n) is 4.15. The summed E-state index contributed by atoms with van der Waals surface area (Å²) in [6.45, 7) is 4.71. The van der Waals surface area contributed by atoms with E-state index in [-0.39, 0.29) is 12.1 Å². The second-order valence-electron chi connectivity index (χ2n) is 5.61. The zero-order valence-electron chi connectivity index (χ0n) is 12.7. The molecule has 2 aromatic rings. The van der Waals surface area contributed by atoms with E-state index in [2.05, 4.69) is 15.5 Å². The fraction of sp³-hybridized carbons (Fsp3) is 0.375. The molecule has 1 aromatic carbocycles. The van der Waals surface area contributed by atoms with E-state index >= 15 is 0 Å². The number of hydrogen-bond acceptors (Lipinski definition) is 2. The molecule has 0 unspecified atom stereocenters. The molecule has 3 rings (SSSR count). The molecule has 1 saturated heterocycles. The Hall–Kier alpha value is -2.01. The molecular weight excluding hydrogens is 300 g/mol. The molecular formula is C16H19ClN4O. The number of rotatable bonds is 2. The first-order chi connectivity index (χ1) is 10.6. The maximum atomic E-state index is 12.6. The molecule has 0 bridgehead atoms. The number of nitrogens with zero attached hydrogens (tertiary/aromatic N) is 2. The number of anilines is 1. The van der Waals surface area contributed by atoms with E-state index in [1.807, 2.05) is 30.9 Å². The Morgan fingerprint density at radius 2 is 2.18 bits per heavy atom. The molecule has 1 aliphatic rings. The molecule has 5 nitrogen and oxygen atoms in total. The van der Waals surface area contributed by atoms with Gasteiger partial charge < -0.3 is 10.2 Å². The van der Waals surface area contributed by atoms with Crippen LogP contribution in [-0.4, -0.2) is 27.7 Å². The lowest BCUT2D eigenvalue weighted by Crippen LogP contribution is -2.34. The second-order valence-corrected chi connectivity index (χ2v) is 6.02. The van der Waals surface area contributed by atoms with E-state index < -0.39 is 0 Å². The number of hydrogen-bond donors (Lipinski definition) is 2. The van der Waals surface area contributed by atoms with Crippen LogP contribution in [-0.2, 0) is 0 Å². The quantitative estimate of drug-likeness (QED) is 0.877. The zero-order valence-corrected chi connectivity index (χ0v) is 13.4. The third kappa shape index (κ3) is 2.68. The van der Waals surface area contributed by atoms with E-state index in [4.69, 9.17) is 11.6 Å². The molecule has 6 heteroatoms. The summed E-state index contributed by atoms with van der Waals surface area (Å²) in [5.41, 5.74) is 3.76. The molecule has 0 radical (unpaired) electrons. The van der Waals surface area contributed by atoms with Crippen LogP contribution in [0.5, 0.6) is 0 Å². The van der Waals surface area contributed by atoms with Gasteiger partial charge in [-0.15, -0.1) is 0 Å². The number of likely N-dealkylation sites (tertiary alicyclic amines) is 1. The number of benzene rings is 1. The fourth-order valence-corrected chi connectivity index (χ4v) is 3.29. The summed E-state index contributed by atoms with van der Waals surface area (Å²) in [5, 5.41) is 10.7. The molecule has 0 spiro atoms. The van der Waals surface area contributed by atoms with Gasteiger partial charge in [-0.1, -0.05) is 23.7 Å². The van der Waals surface area contributed by atoms with Gasteiger partial charge in [0.25, 0.3) is 0 Å². The molecule has 0 saturated carbocycles. The van der Waals surface area contributed by atoms with Crippen molar-refractivity contribution in [2.24, 2.45) is 0 Å². The van der Waals surface area contributed by atoms with E-state index in [1.54, 1.807) is 12.1 Å². The van der Waals surface area contributed by atoms with Gasteiger partial charge >= 0.3 is 6.03 Å². The first-order valence-electron chi connectivity index (χ1n) is 7.41. The maximum Gasteiger partial charge on any atom is 0.322 e. The van der Waals surface area contributed by atoms with Crippen molar-refractivity contribution in [2.45, 2.75) is 32.7 Å². The van der Waals surface area contributed by atoms with Crippen molar-refractivity contribution >= 4 is 23.3 Å². The Morgan fingerprint density at radius 1 is 1.41 bits per heavy atom. The van der Waals surface area contributed by atoms with E-state index in [1.165, 1.54) is 0 Å². The minimum absolute atomic E-state index is 0.0706. The van der Waals surface area contributed by atoms with Crippen molar-refractivity contribution in [3.63, 3.8) is 0 Å². The van der Waals surface area contributed by atoms with Crippen LogP contribution in [0.3, 0.4) is 0 Å². The number of halogens is 1. The fourth-order valence-electron chi connectivity index (χ4n) is 3.11. The molecule has 1 aliphatic heterocycles. The van der Waals surface area contributed by atoms with Crippen LogP contribution < -0.4 is 5.32 Å². The minimum Gasteiger partial charge on any atom is -0.317 e. The van der Waals surface area contributed by atoms with Crippen molar-refractivity contribution in [1.29, 1.82) is 0 Å². The largest absolute Gasteiger partial charge is 0.322 e. The first-order valence-corrected chi connectivity index (χ1v) is 7.79. The second kappa shape index (κ2) is 6.01. The summed E-state index contributed by atoms with van der Waals surface area (Å²) in [5.74, 6) is 0. The van der Waals surface area contributed by atoms with Crippen molar-refractivity contribution in [3.8, 4) is 0 Å². The van der Waals surface area contributed by atoms with Crippen molar-refractivity contribution in [1.82, 2.24) is 15.1 Å². The van der Waals surface area contributed by atoms with Gasteiger partial charge in [0.1, 0.15) is 0 Å². The summed E-state index contributed by atoms with van der Waals surface area (Å²) >= 11 is 6.11. The summed E-state index contributed by atoms with van der Waals surface area (Å²) in [4.78, 5) is 14.5. The lowest BCUT2D eigenvalue weighted by atomic mass is 10.0. The highest BCUT2D eigenvalue weighted by molar-refractivity contribution is 6.33. The van der Waals surface area contributed by atoms with Crippen LogP contribution in [0.1, 0.15) is 35.8 Å². The highest BCUT2D eigenvalue weighted by atomic mass is 35.5. The van der Waals surface area contributed by atoms with Crippen molar-refractivity contribution < 1.29 is 4.79 Å². The molecule has 1 aromatic heterocycles. The number of para-hydroxylation sites is 1. The van der Waals surface area contributed by atoms with E-state index in [0.29, 0.717) is 10.7 Å². The number of amides is 2. The van der Waals surface area contributed by atoms with Crippen LogP contribution in [0.25, 0.3) is 0 Å². The summed E-state index contributed by atoms with van der Waals surface area (Å²) in [7, 11) is 0. The molecule has 0 aliphatic carbocycles. The molecule has 1 fully saturated rings. The van der Waals surface area contributed by atoms with Gasteiger partial charge in [0.2, 0.25) is 0 Å². The van der Waals surface area contributed by atoms with Gasteiger partial charge in [0, 0.05) is 17.8 Å². The summed E-state index contributed by atoms with van der Waals surface area (Å²) < 4.78 is 0. The number of aromatic amines is 1. The van der Waals surface area contributed by atoms with Crippen LogP contribution in [0.4, 0.5) is 10.5 Å². The lowest BCUT2D eigenvalue weighted by molar-refractivity contribution is 0.207. The zero-order chi connectivity index (χ0) is 15.7. The van der Waals surface area contributed by atoms with Crippen molar-refractivity contribution in [3.05, 3.63) is 46.2 Å². The molecule has 2 amide bonds. The van der Waals surface area contributed by atoms with Crippen LogP contribution >= 0.6 is 11.6 Å². The average molecular weight is 319 g/mol. The molecule has 1 atom stereocenters. The van der Waals surface area contributed by atoms with E-state index in [0.717, 1.165) is 36.3 Å². The lowest BCUT2D eigenvalue weighted by Gasteiger charge is -2.25. The molecule has 2 N–H and O–H groups in total. The Bertz CT molecular complexity index is 678. The van der Waals surface area contributed by atoms with Gasteiger partial charge in [-0.2, -0.15) is 5.10 Å². The van der Waals surface area contributed by atoms with Gasteiger partial charge in [0.15, 0.2) is 0 Å². The smallest absolute Gasteiger partial charge is 0.317 e. The SMILES string of the molecule is Cc1n[nH]c(C)c1[C@@H]1CCCN1C(=O)Nc1ccccc1Cl. The predicted octanol–water partition coefficient (Wildman–Crippen LogP) is 4.05. The average Bonchev–Trinajstić information content (AvgIpc) is 3.08. The predicted molar refractivity (Wildman–Crippen MR) is 87.2 cm³/mol. The summed E-state index contributed by atoms with van der Waals surface area (Å²) in [6, 6.07) is 7.22. The van der Waals surface area contributed by atoms with Crippen LogP contribution in [0.15, 0.2) is 24.3 Å². The Labute approximate surface area is 134 Å². The maximum absolute atomic E-state index is 12.6. The number of aromatic nitrogens is 2. The third-order valence-corrected chi connectivity index (χ3v) is 4.48. The minimum atomic E-state index is -0.115. The topological polar surface area (TPSA) is 61.0 Å². The van der Waals surface area contributed by atoms with Gasteiger partial charge in [0.05, 0.1) is 22.4 Å². The monoisotopic (exact) mass is 318 g/mol. The first kappa shape index (κ1) is 14.9. The number of carbonyl (C=O) groups is 1. The normalized spacial score (nSPS) is 17.8. The number of nitrogens with one attached hydrogen (secondary N) is 2. The van der Waals surface area contributed by atoms with Gasteiger partial charge in [-0.25, -0.2) is 4.79 Å². The highest BCUT2D eigenvalue weighted by Crippen LogP contribution is 2.35. The number of aryl methyl sites for hydroxylation is 2. The number of urea groups is 1. The number of H-pyrrole nitrogens is 1. The van der Waals surface area contributed by atoms with E-state index in [9.17, 15) is 4.79 Å². The highest BCUT2D eigenvalue weighted by Gasteiger charge is 2.33. The Balaban J connectivity index is 1.81. The number of carbonyl (C=O) groups excluding carboxylic acids is 1. The Kier molecular flexibility index (Phi) is 4.07. The Morgan fingerprint density at radius 3 is 2.86 bits per heavy atom. The molecule has 2 heterocycles. The van der Waals surface area contributed by atoms with Crippen LogP contribution in [0, 0.1) is 13.8 Å². The standard InChI is InChI=1S/C16H19ClN4O/c1-10-15(11(2)20-19-10)14-8-5-9-21(14)16(22)18-13-7-4-3-6-12(13)17/h3-4,6-7,14H,5,8-9H2,1-2H3,(H,18,22)(H,19,20)/t14-/m0/s1. The van der Waals surface area contributed by atoms with Gasteiger partial charge in [-0.05, 0) is 38.8 Å². The van der Waals surface area contributed by atoms with Gasteiger partial charge in [-0.3, -0.25) is 5.10 Å². The summed E-state index contributed by atoms with van der Waals surface area (Å²) in [6.07, 6.45) is 1.95. The molecule has 116 valence electrons.